The molecule has 19 heavy (non-hydrogen) atoms. The van der Waals surface area contributed by atoms with Gasteiger partial charge >= 0.3 is 6.18 Å². The quantitative estimate of drug-likeness (QED) is 0.850. The molecular formula is C14H17F3N2. The molecule has 0 aliphatic heterocycles. The lowest BCUT2D eigenvalue weighted by Crippen LogP contribution is -2.15. The molecule has 1 aromatic carbocycles. The van der Waals surface area contributed by atoms with Gasteiger partial charge in [-0.25, -0.2) is 0 Å². The van der Waals surface area contributed by atoms with E-state index in [1.54, 1.807) is 6.07 Å². The van der Waals surface area contributed by atoms with Gasteiger partial charge in [0.1, 0.15) is 0 Å². The standard InChI is InChI=1S/C14H17F3N2/c1-3-4-5-10(2)19-12-6-7-13(14(15,16)17)11(8-12)9-18/h6-8,10,19H,3-5H2,1-2H3. The predicted molar refractivity (Wildman–Crippen MR) is 68.8 cm³/mol. The summed E-state index contributed by atoms with van der Waals surface area (Å²) in [6.45, 7) is 4.05. The Labute approximate surface area is 111 Å². The topological polar surface area (TPSA) is 35.8 Å². The summed E-state index contributed by atoms with van der Waals surface area (Å²) in [5, 5.41) is 11.9. The van der Waals surface area contributed by atoms with E-state index in [1.165, 1.54) is 12.1 Å². The number of anilines is 1. The van der Waals surface area contributed by atoms with Crippen molar-refractivity contribution in [3.05, 3.63) is 29.3 Å². The van der Waals surface area contributed by atoms with Crippen LogP contribution in [0.4, 0.5) is 18.9 Å². The van der Waals surface area contributed by atoms with Gasteiger partial charge in [0.25, 0.3) is 0 Å². The maximum absolute atomic E-state index is 12.6. The minimum Gasteiger partial charge on any atom is -0.383 e. The molecule has 0 amide bonds. The fourth-order valence-electron chi connectivity index (χ4n) is 1.84. The molecule has 5 heteroatoms. The highest BCUT2D eigenvalue weighted by Gasteiger charge is 2.33. The van der Waals surface area contributed by atoms with E-state index >= 15 is 0 Å². The Kier molecular flexibility index (Phi) is 5.22. The minimum absolute atomic E-state index is 0.170. The third-order valence-corrected chi connectivity index (χ3v) is 2.85. The van der Waals surface area contributed by atoms with Crippen LogP contribution in [0.5, 0.6) is 0 Å². The highest BCUT2D eigenvalue weighted by Crippen LogP contribution is 2.33. The number of unbranched alkanes of at least 4 members (excludes halogenated alkanes) is 1. The molecule has 1 atom stereocenters. The summed E-state index contributed by atoms with van der Waals surface area (Å²) >= 11 is 0. The Morgan fingerprint density at radius 3 is 2.58 bits per heavy atom. The molecule has 0 aliphatic carbocycles. The Hall–Kier alpha value is -1.70. The summed E-state index contributed by atoms with van der Waals surface area (Å²) in [6.07, 6.45) is -1.42. The monoisotopic (exact) mass is 270 g/mol. The van der Waals surface area contributed by atoms with Crippen molar-refractivity contribution in [2.75, 3.05) is 5.32 Å². The molecule has 0 saturated heterocycles. The van der Waals surface area contributed by atoms with Crippen LogP contribution in [-0.4, -0.2) is 6.04 Å². The van der Waals surface area contributed by atoms with E-state index in [0.717, 1.165) is 25.3 Å². The van der Waals surface area contributed by atoms with Crippen molar-refractivity contribution < 1.29 is 13.2 Å². The molecule has 0 saturated carbocycles. The van der Waals surface area contributed by atoms with Crippen molar-refractivity contribution >= 4 is 5.69 Å². The maximum atomic E-state index is 12.6. The number of halogens is 3. The van der Waals surface area contributed by atoms with Crippen LogP contribution in [0.3, 0.4) is 0 Å². The molecule has 1 aromatic rings. The highest BCUT2D eigenvalue weighted by atomic mass is 19.4. The number of hydrogen-bond donors (Lipinski definition) is 1. The van der Waals surface area contributed by atoms with Gasteiger partial charge in [-0.2, -0.15) is 18.4 Å². The zero-order chi connectivity index (χ0) is 14.5. The summed E-state index contributed by atoms with van der Waals surface area (Å²) < 4.78 is 37.9. The van der Waals surface area contributed by atoms with Crippen molar-refractivity contribution in [1.29, 1.82) is 5.26 Å². The van der Waals surface area contributed by atoms with E-state index in [2.05, 4.69) is 12.2 Å². The number of benzene rings is 1. The van der Waals surface area contributed by atoms with Gasteiger partial charge in [0, 0.05) is 11.7 Å². The number of rotatable bonds is 5. The van der Waals surface area contributed by atoms with Crippen molar-refractivity contribution in [2.24, 2.45) is 0 Å². The second-order valence-corrected chi connectivity index (χ2v) is 4.56. The van der Waals surface area contributed by atoms with E-state index in [-0.39, 0.29) is 11.6 Å². The molecule has 0 bridgehead atoms. The zero-order valence-corrected chi connectivity index (χ0v) is 11.0. The van der Waals surface area contributed by atoms with Gasteiger partial charge < -0.3 is 5.32 Å². The molecule has 104 valence electrons. The van der Waals surface area contributed by atoms with Crippen molar-refractivity contribution in [2.45, 2.75) is 45.3 Å². The first kappa shape index (κ1) is 15.4. The molecule has 1 rings (SSSR count). The van der Waals surface area contributed by atoms with Gasteiger partial charge in [-0.3, -0.25) is 0 Å². The minimum atomic E-state index is -4.49. The van der Waals surface area contributed by atoms with Gasteiger partial charge in [-0.1, -0.05) is 19.8 Å². The number of nitriles is 1. The van der Waals surface area contributed by atoms with Crippen LogP contribution < -0.4 is 5.32 Å². The van der Waals surface area contributed by atoms with Crippen LogP contribution >= 0.6 is 0 Å². The normalized spacial score (nSPS) is 12.8. The maximum Gasteiger partial charge on any atom is 0.417 e. The number of nitrogens with zero attached hydrogens (tertiary/aromatic N) is 1. The van der Waals surface area contributed by atoms with E-state index in [4.69, 9.17) is 5.26 Å². The third kappa shape index (κ3) is 4.47. The highest BCUT2D eigenvalue weighted by molar-refractivity contribution is 5.54. The fraction of sp³-hybridized carbons (Fsp3) is 0.500. The molecule has 0 radical (unpaired) electrons. The second kappa shape index (κ2) is 6.46. The average molecular weight is 270 g/mol. The average Bonchev–Trinajstić information content (AvgIpc) is 2.34. The first-order chi connectivity index (χ1) is 8.88. The van der Waals surface area contributed by atoms with E-state index in [9.17, 15) is 13.2 Å². The molecule has 0 aliphatic rings. The van der Waals surface area contributed by atoms with Crippen LogP contribution in [0.25, 0.3) is 0 Å². The summed E-state index contributed by atoms with van der Waals surface area (Å²) in [5.74, 6) is 0. The van der Waals surface area contributed by atoms with Crippen LogP contribution in [0.15, 0.2) is 18.2 Å². The third-order valence-electron chi connectivity index (χ3n) is 2.85. The smallest absolute Gasteiger partial charge is 0.383 e. The van der Waals surface area contributed by atoms with E-state index in [1.807, 2.05) is 6.92 Å². The Morgan fingerprint density at radius 2 is 2.05 bits per heavy atom. The van der Waals surface area contributed by atoms with Gasteiger partial charge in [0.2, 0.25) is 0 Å². The molecular weight excluding hydrogens is 253 g/mol. The largest absolute Gasteiger partial charge is 0.417 e. The Balaban J connectivity index is 2.87. The summed E-state index contributed by atoms with van der Waals surface area (Å²) in [5.41, 5.74) is -0.685. The van der Waals surface area contributed by atoms with Gasteiger partial charge in [-0.15, -0.1) is 0 Å². The summed E-state index contributed by atoms with van der Waals surface area (Å²) in [7, 11) is 0. The van der Waals surface area contributed by atoms with Gasteiger partial charge in [0.15, 0.2) is 0 Å². The zero-order valence-electron chi connectivity index (χ0n) is 11.0. The molecule has 0 aromatic heterocycles. The molecule has 0 fully saturated rings. The lowest BCUT2D eigenvalue weighted by atomic mass is 10.1. The first-order valence-electron chi connectivity index (χ1n) is 6.26. The molecule has 1 unspecified atom stereocenters. The predicted octanol–water partition coefficient (Wildman–Crippen LogP) is 4.57. The summed E-state index contributed by atoms with van der Waals surface area (Å²) in [4.78, 5) is 0. The van der Waals surface area contributed by atoms with Gasteiger partial charge in [-0.05, 0) is 31.5 Å². The van der Waals surface area contributed by atoms with Crippen molar-refractivity contribution in [3.8, 4) is 6.07 Å². The number of hydrogen-bond acceptors (Lipinski definition) is 2. The second-order valence-electron chi connectivity index (χ2n) is 4.56. The van der Waals surface area contributed by atoms with Crippen LogP contribution in [0, 0.1) is 11.3 Å². The first-order valence-corrected chi connectivity index (χ1v) is 6.26. The Bertz CT molecular complexity index is 461. The molecule has 0 spiro atoms. The van der Waals surface area contributed by atoms with Crippen LogP contribution in [-0.2, 0) is 6.18 Å². The van der Waals surface area contributed by atoms with Crippen LogP contribution in [0.2, 0.25) is 0 Å². The van der Waals surface area contributed by atoms with Gasteiger partial charge in [0.05, 0.1) is 17.2 Å². The SMILES string of the molecule is CCCCC(C)Nc1ccc(C(F)(F)F)c(C#N)c1. The number of nitrogens with one attached hydrogen (secondary N) is 1. The van der Waals surface area contributed by atoms with Crippen molar-refractivity contribution in [3.63, 3.8) is 0 Å². The van der Waals surface area contributed by atoms with Crippen LogP contribution in [0.1, 0.15) is 44.2 Å². The molecule has 0 heterocycles. The lowest BCUT2D eigenvalue weighted by molar-refractivity contribution is -0.137. The Morgan fingerprint density at radius 1 is 1.37 bits per heavy atom. The van der Waals surface area contributed by atoms with Crippen molar-refractivity contribution in [1.82, 2.24) is 0 Å². The fourth-order valence-corrected chi connectivity index (χ4v) is 1.84. The van der Waals surface area contributed by atoms with E-state index in [0.29, 0.717) is 5.69 Å². The number of alkyl halides is 3. The van der Waals surface area contributed by atoms with E-state index < -0.39 is 11.7 Å². The molecule has 2 nitrogen and oxygen atoms in total. The lowest BCUT2D eigenvalue weighted by Gasteiger charge is -2.16. The summed E-state index contributed by atoms with van der Waals surface area (Å²) in [6, 6.07) is 5.34. The molecule has 1 N–H and O–H groups in total.